The monoisotopic (exact) mass is 228 g/mol. The average Bonchev–Trinajstić information content (AvgIpc) is 2.11. The van der Waals surface area contributed by atoms with Crippen LogP contribution in [0.25, 0.3) is 0 Å². The van der Waals surface area contributed by atoms with Crippen LogP contribution in [0.4, 0.5) is 0 Å². The molecule has 16 heavy (non-hydrogen) atoms. The third-order valence-corrected chi connectivity index (χ3v) is 2.12. The van der Waals surface area contributed by atoms with Gasteiger partial charge in [0.2, 0.25) is 0 Å². The number of rotatable bonds is 5. The fraction of sp³-hybridized carbons (Fsp3) is 0.750. The standard InChI is InChI=1S/C12H20O4/c1-6-16-11(15)9(7-8(2)13)10(14)12(3,4)5/h9H,6-7H2,1-5H3. The molecule has 1 atom stereocenters. The lowest BCUT2D eigenvalue weighted by molar-refractivity contribution is -0.155. The number of ketones is 2. The highest BCUT2D eigenvalue weighted by atomic mass is 16.5. The Bertz CT molecular complexity index is 286. The maximum atomic E-state index is 12.0. The van der Waals surface area contributed by atoms with Gasteiger partial charge in [0.25, 0.3) is 0 Å². The summed E-state index contributed by atoms with van der Waals surface area (Å²) in [5, 5.41) is 0. The molecule has 0 N–H and O–H groups in total. The van der Waals surface area contributed by atoms with Crippen molar-refractivity contribution in [3.8, 4) is 0 Å². The summed E-state index contributed by atoms with van der Waals surface area (Å²) in [4.78, 5) is 34.6. The molecule has 1 unspecified atom stereocenters. The molecular formula is C12H20O4. The van der Waals surface area contributed by atoms with Gasteiger partial charge >= 0.3 is 5.97 Å². The summed E-state index contributed by atoms with van der Waals surface area (Å²) in [5.41, 5.74) is -0.646. The van der Waals surface area contributed by atoms with Crippen molar-refractivity contribution in [2.75, 3.05) is 6.61 Å². The number of carbonyl (C=O) groups is 3. The lowest BCUT2D eigenvalue weighted by Gasteiger charge is -2.22. The smallest absolute Gasteiger partial charge is 0.316 e. The van der Waals surface area contributed by atoms with Crippen LogP contribution in [0.5, 0.6) is 0 Å². The molecule has 0 aromatic rings. The molecule has 0 aromatic heterocycles. The van der Waals surface area contributed by atoms with Gasteiger partial charge in [-0.3, -0.25) is 14.4 Å². The Morgan fingerprint density at radius 2 is 1.69 bits per heavy atom. The van der Waals surface area contributed by atoms with Gasteiger partial charge in [0.1, 0.15) is 11.7 Å². The molecule has 0 aliphatic heterocycles. The zero-order chi connectivity index (χ0) is 12.9. The zero-order valence-electron chi connectivity index (χ0n) is 10.6. The van der Waals surface area contributed by atoms with Gasteiger partial charge < -0.3 is 4.74 Å². The van der Waals surface area contributed by atoms with E-state index in [2.05, 4.69) is 0 Å². The molecule has 0 heterocycles. The van der Waals surface area contributed by atoms with Gasteiger partial charge in [-0.05, 0) is 13.8 Å². The van der Waals surface area contributed by atoms with Gasteiger partial charge in [-0.1, -0.05) is 20.8 Å². The van der Waals surface area contributed by atoms with Crippen molar-refractivity contribution in [2.24, 2.45) is 11.3 Å². The normalized spacial score (nSPS) is 13.1. The Hall–Kier alpha value is -1.19. The van der Waals surface area contributed by atoms with Crippen molar-refractivity contribution in [1.29, 1.82) is 0 Å². The summed E-state index contributed by atoms with van der Waals surface area (Å²) in [6.07, 6.45) is -0.0745. The van der Waals surface area contributed by atoms with E-state index in [1.54, 1.807) is 27.7 Å². The van der Waals surface area contributed by atoms with E-state index in [1.807, 2.05) is 0 Å². The minimum absolute atomic E-state index is 0.0745. The molecule has 0 saturated carbocycles. The molecular weight excluding hydrogens is 208 g/mol. The van der Waals surface area contributed by atoms with Gasteiger partial charge in [0.15, 0.2) is 5.78 Å². The molecule has 0 aliphatic carbocycles. The molecule has 4 heteroatoms. The minimum atomic E-state index is -0.961. The maximum Gasteiger partial charge on any atom is 0.316 e. The Labute approximate surface area is 96.4 Å². The van der Waals surface area contributed by atoms with Crippen LogP contribution in [-0.2, 0) is 19.1 Å². The second-order valence-electron chi connectivity index (χ2n) is 4.83. The summed E-state index contributed by atoms with van der Waals surface area (Å²) in [6.45, 7) is 8.42. The first-order valence-corrected chi connectivity index (χ1v) is 5.40. The van der Waals surface area contributed by atoms with Crippen molar-refractivity contribution in [3.05, 3.63) is 0 Å². The van der Waals surface area contributed by atoms with Gasteiger partial charge in [-0.15, -0.1) is 0 Å². The Kier molecular flexibility index (Phi) is 5.35. The molecule has 0 amide bonds. The highest BCUT2D eigenvalue weighted by molar-refractivity contribution is 6.04. The molecule has 0 radical (unpaired) electrons. The van der Waals surface area contributed by atoms with Crippen LogP contribution in [0.2, 0.25) is 0 Å². The van der Waals surface area contributed by atoms with Gasteiger partial charge in [-0.2, -0.15) is 0 Å². The van der Waals surface area contributed by atoms with Crippen molar-refractivity contribution in [2.45, 2.75) is 41.0 Å². The quantitative estimate of drug-likeness (QED) is 0.531. The Balaban J connectivity index is 4.87. The van der Waals surface area contributed by atoms with Crippen molar-refractivity contribution >= 4 is 17.5 Å². The first-order chi connectivity index (χ1) is 7.20. The lowest BCUT2D eigenvalue weighted by Crippen LogP contribution is -2.35. The summed E-state index contributed by atoms with van der Waals surface area (Å²) in [7, 11) is 0. The van der Waals surface area contributed by atoms with E-state index in [0.717, 1.165) is 0 Å². The molecule has 0 saturated heterocycles. The fourth-order valence-corrected chi connectivity index (χ4v) is 1.34. The van der Waals surface area contributed by atoms with Gasteiger partial charge in [-0.25, -0.2) is 0 Å². The van der Waals surface area contributed by atoms with E-state index in [0.29, 0.717) is 0 Å². The summed E-state index contributed by atoms with van der Waals surface area (Å²) >= 11 is 0. The number of esters is 1. The topological polar surface area (TPSA) is 60.4 Å². The number of carbonyl (C=O) groups excluding carboxylic acids is 3. The number of hydrogen-bond acceptors (Lipinski definition) is 4. The predicted molar refractivity (Wildman–Crippen MR) is 59.9 cm³/mol. The largest absolute Gasteiger partial charge is 0.465 e. The predicted octanol–water partition coefficient (Wildman–Crippen LogP) is 1.76. The van der Waals surface area contributed by atoms with E-state index in [4.69, 9.17) is 4.74 Å². The summed E-state index contributed by atoms with van der Waals surface area (Å²) < 4.78 is 4.81. The third-order valence-electron chi connectivity index (χ3n) is 2.12. The highest BCUT2D eigenvalue weighted by Gasteiger charge is 2.36. The Morgan fingerprint density at radius 1 is 1.19 bits per heavy atom. The number of Topliss-reactive ketones (excluding diaryl/α,β-unsaturated/α-hetero) is 2. The van der Waals surface area contributed by atoms with Crippen LogP contribution < -0.4 is 0 Å². The van der Waals surface area contributed by atoms with Crippen LogP contribution in [0, 0.1) is 11.3 Å². The molecule has 92 valence electrons. The Morgan fingerprint density at radius 3 is 2.00 bits per heavy atom. The van der Waals surface area contributed by atoms with E-state index in [1.165, 1.54) is 6.92 Å². The summed E-state index contributed by atoms with van der Waals surface area (Å²) in [5.74, 6) is -1.99. The molecule has 0 aliphatic rings. The maximum absolute atomic E-state index is 12.0. The van der Waals surface area contributed by atoms with Gasteiger partial charge in [0, 0.05) is 11.8 Å². The number of ether oxygens (including phenoxy) is 1. The van der Waals surface area contributed by atoms with E-state index < -0.39 is 17.3 Å². The zero-order valence-corrected chi connectivity index (χ0v) is 10.6. The van der Waals surface area contributed by atoms with Crippen LogP contribution in [0.1, 0.15) is 41.0 Å². The SMILES string of the molecule is CCOC(=O)C(CC(C)=O)C(=O)C(C)(C)C. The second-order valence-corrected chi connectivity index (χ2v) is 4.83. The molecule has 0 fully saturated rings. The lowest BCUT2D eigenvalue weighted by atomic mass is 9.81. The van der Waals surface area contributed by atoms with E-state index in [9.17, 15) is 14.4 Å². The first-order valence-electron chi connectivity index (χ1n) is 5.40. The molecule has 0 aromatic carbocycles. The highest BCUT2D eigenvalue weighted by Crippen LogP contribution is 2.23. The fourth-order valence-electron chi connectivity index (χ4n) is 1.34. The molecule has 0 rings (SSSR count). The van der Waals surface area contributed by atoms with Crippen LogP contribution in [0.15, 0.2) is 0 Å². The van der Waals surface area contributed by atoms with Crippen LogP contribution >= 0.6 is 0 Å². The van der Waals surface area contributed by atoms with Crippen LogP contribution in [-0.4, -0.2) is 24.1 Å². The van der Waals surface area contributed by atoms with Crippen molar-refractivity contribution in [3.63, 3.8) is 0 Å². The molecule has 0 bridgehead atoms. The van der Waals surface area contributed by atoms with Crippen molar-refractivity contribution in [1.82, 2.24) is 0 Å². The first kappa shape index (κ1) is 14.8. The van der Waals surface area contributed by atoms with Crippen molar-refractivity contribution < 1.29 is 19.1 Å². The molecule has 4 nitrogen and oxygen atoms in total. The second kappa shape index (κ2) is 5.77. The average molecular weight is 228 g/mol. The molecule has 0 spiro atoms. The minimum Gasteiger partial charge on any atom is -0.465 e. The van der Waals surface area contributed by atoms with E-state index in [-0.39, 0.29) is 24.6 Å². The number of hydrogen-bond donors (Lipinski definition) is 0. The van der Waals surface area contributed by atoms with Gasteiger partial charge in [0.05, 0.1) is 6.61 Å². The summed E-state index contributed by atoms with van der Waals surface area (Å²) in [6, 6.07) is 0. The van der Waals surface area contributed by atoms with Crippen LogP contribution in [0.3, 0.4) is 0 Å². The third kappa shape index (κ3) is 4.55. The van der Waals surface area contributed by atoms with E-state index >= 15 is 0 Å².